The number of likely N-dealkylation sites (tertiary alicyclic amines) is 1. The maximum Gasteiger partial charge on any atom is 0.258 e. The minimum absolute atomic E-state index is 0.198. The van der Waals surface area contributed by atoms with Gasteiger partial charge in [-0.25, -0.2) is 4.98 Å². The summed E-state index contributed by atoms with van der Waals surface area (Å²) in [5.74, 6) is -0.215. The fourth-order valence-electron chi connectivity index (χ4n) is 4.34. The number of rotatable bonds is 6. The Kier molecular flexibility index (Phi) is 6.04. The first kappa shape index (κ1) is 21.5. The van der Waals surface area contributed by atoms with Gasteiger partial charge in [0, 0.05) is 46.7 Å². The minimum Gasteiger partial charge on any atom is -0.494 e. The molecule has 2 aromatic heterocycles. The van der Waals surface area contributed by atoms with Crippen LogP contribution in [0.15, 0.2) is 63.8 Å². The molecule has 0 unspecified atom stereocenters. The van der Waals surface area contributed by atoms with Gasteiger partial charge in [-0.15, -0.1) is 11.3 Å². The van der Waals surface area contributed by atoms with Crippen molar-refractivity contribution in [3.63, 3.8) is 0 Å². The number of fused-ring (bicyclic) bond motifs is 1. The van der Waals surface area contributed by atoms with E-state index in [9.17, 15) is 15.0 Å². The van der Waals surface area contributed by atoms with E-state index in [2.05, 4.69) is 19.9 Å². The first-order valence-corrected chi connectivity index (χ1v) is 11.8. The Labute approximate surface area is 194 Å². The van der Waals surface area contributed by atoms with Crippen molar-refractivity contribution >= 4 is 34.0 Å². The number of pyridine rings is 1. The van der Waals surface area contributed by atoms with Gasteiger partial charge in [-0.3, -0.25) is 19.7 Å². The number of thiazole rings is 1. The first-order chi connectivity index (χ1) is 16.1. The average molecular weight is 461 g/mol. The van der Waals surface area contributed by atoms with Gasteiger partial charge < -0.3 is 10.2 Å². The topological polar surface area (TPSA) is 102 Å². The molecule has 0 aliphatic carbocycles. The Morgan fingerprint density at radius 1 is 1.21 bits per heavy atom. The molecule has 1 aliphatic rings. The van der Waals surface area contributed by atoms with E-state index in [1.54, 1.807) is 18.5 Å². The van der Waals surface area contributed by atoms with Crippen molar-refractivity contribution in [1.29, 1.82) is 0 Å². The van der Waals surface area contributed by atoms with Crippen LogP contribution in [-0.4, -0.2) is 50.5 Å². The lowest BCUT2D eigenvalue weighted by atomic mass is 10.0. The van der Waals surface area contributed by atoms with E-state index < -0.39 is 0 Å². The number of aromatic amines is 1. The highest BCUT2D eigenvalue weighted by molar-refractivity contribution is 7.13. The predicted octanol–water partition coefficient (Wildman–Crippen LogP) is 4.06. The number of hydrogen-bond donors (Lipinski definition) is 3. The molecule has 1 fully saturated rings. The van der Waals surface area contributed by atoms with Crippen LogP contribution in [0.25, 0.3) is 21.3 Å². The van der Waals surface area contributed by atoms with Crippen molar-refractivity contribution < 1.29 is 10.2 Å². The SMILES string of the molecule is O=c1[nH]c(O)c(C=Nc2ccc(CN3CCC[C@H]3CO)cc2)c2cc(-c3nccs3)ccc12. The number of nitrogens with one attached hydrogen (secondary N) is 1. The summed E-state index contributed by atoms with van der Waals surface area (Å²) in [6.07, 6.45) is 5.48. The normalized spacial score (nSPS) is 16.8. The summed E-state index contributed by atoms with van der Waals surface area (Å²) in [5.41, 5.74) is 2.89. The van der Waals surface area contributed by atoms with Gasteiger partial charge in [-0.2, -0.15) is 0 Å². The van der Waals surface area contributed by atoms with Gasteiger partial charge >= 0.3 is 0 Å². The number of benzene rings is 2. The van der Waals surface area contributed by atoms with E-state index >= 15 is 0 Å². The largest absolute Gasteiger partial charge is 0.494 e. The molecular weight excluding hydrogens is 436 g/mol. The van der Waals surface area contributed by atoms with Gasteiger partial charge in [0.25, 0.3) is 5.56 Å². The van der Waals surface area contributed by atoms with Crippen LogP contribution in [0.4, 0.5) is 5.69 Å². The van der Waals surface area contributed by atoms with Gasteiger partial charge in [-0.05, 0) is 49.2 Å². The second kappa shape index (κ2) is 9.27. The summed E-state index contributed by atoms with van der Waals surface area (Å²) >= 11 is 1.51. The van der Waals surface area contributed by atoms with Crippen molar-refractivity contribution in [3.8, 4) is 16.5 Å². The number of nitrogens with zero attached hydrogens (tertiary/aromatic N) is 3. The maximum atomic E-state index is 12.4. The average Bonchev–Trinajstić information content (AvgIpc) is 3.52. The summed E-state index contributed by atoms with van der Waals surface area (Å²) in [4.78, 5) is 26.0. The molecule has 3 N–H and O–H groups in total. The van der Waals surface area contributed by atoms with Gasteiger partial charge in [0.05, 0.1) is 17.9 Å². The van der Waals surface area contributed by atoms with Crippen LogP contribution in [-0.2, 0) is 6.54 Å². The van der Waals surface area contributed by atoms with E-state index in [0.717, 1.165) is 42.2 Å². The predicted molar refractivity (Wildman–Crippen MR) is 132 cm³/mol. The Morgan fingerprint density at radius 2 is 2.06 bits per heavy atom. The van der Waals surface area contributed by atoms with Gasteiger partial charge in [-0.1, -0.05) is 18.2 Å². The van der Waals surface area contributed by atoms with Gasteiger partial charge in [0.2, 0.25) is 5.88 Å². The molecule has 33 heavy (non-hydrogen) atoms. The van der Waals surface area contributed by atoms with Crippen LogP contribution in [0.2, 0.25) is 0 Å². The second-order valence-corrected chi connectivity index (χ2v) is 9.08. The van der Waals surface area contributed by atoms with Crippen LogP contribution in [0, 0.1) is 0 Å². The van der Waals surface area contributed by atoms with E-state index in [1.165, 1.54) is 16.9 Å². The van der Waals surface area contributed by atoms with Crippen molar-refractivity contribution in [2.24, 2.45) is 4.99 Å². The zero-order valence-electron chi connectivity index (χ0n) is 17.9. The number of aromatic hydroxyl groups is 1. The third-order valence-corrected chi connectivity index (χ3v) is 6.92. The molecule has 1 saturated heterocycles. The summed E-state index contributed by atoms with van der Waals surface area (Å²) in [6.45, 7) is 2.01. The molecule has 2 aromatic carbocycles. The summed E-state index contributed by atoms with van der Waals surface area (Å²) < 4.78 is 0. The number of hydrogen-bond acceptors (Lipinski definition) is 7. The molecule has 5 rings (SSSR count). The molecule has 1 atom stereocenters. The van der Waals surface area contributed by atoms with Crippen molar-refractivity contribution in [2.75, 3.05) is 13.2 Å². The lowest BCUT2D eigenvalue weighted by Gasteiger charge is -2.22. The Hall–Kier alpha value is -3.33. The van der Waals surface area contributed by atoms with Crippen molar-refractivity contribution in [3.05, 3.63) is 75.5 Å². The number of aliphatic imine (C=N–C) groups is 1. The van der Waals surface area contributed by atoms with Crippen molar-refractivity contribution in [2.45, 2.75) is 25.4 Å². The van der Waals surface area contributed by atoms with Gasteiger partial charge in [0.1, 0.15) is 5.01 Å². The Bertz CT molecular complexity index is 1350. The number of aromatic nitrogens is 2. The highest BCUT2D eigenvalue weighted by atomic mass is 32.1. The fourth-order valence-corrected chi connectivity index (χ4v) is 4.97. The standard InChI is InChI=1S/C25H24N4O3S/c30-15-19-2-1-10-29(19)14-16-3-6-18(7-4-16)27-13-22-21-12-17(25-26-9-11-33-25)5-8-20(21)23(31)28-24(22)32/h3-9,11-13,19,30H,1-2,10,14-15H2,(H2,28,31,32)/t19-/m0/s1. The van der Waals surface area contributed by atoms with Crippen LogP contribution in [0.5, 0.6) is 5.88 Å². The first-order valence-electron chi connectivity index (χ1n) is 10.9. The van der Waals surface area contributed by atoms with E-state index in [4.69, 9.17) is 0 Å². The number of aliphatic hydroxyl groups is 1. The third-order valence-electron chi connectivity index (χ3n) is 6.10. The van der Waals surface area contributed by atoms with Crippen LogP contribution >= 0.6 is 11.3 Å². The molecule has 3 heterocycles. The van der Waals surface area contributed by atoms with Crippen LogP contribution < -0.4 is 5.56 Å². The van der Waals surface area contributed by atoms with Crippen LogP contribution in [0.3, 0.4) is 0 Å². The molecule has 0 saturated carbocycles. The summed E-state index contributed by atoms with van der Waals surface area (Å²) in [6, 6.07) is 13.6. The molecule has 1 aliphatic heterocycles. The van der Waals surface area contributed by atoms with E-state index in [0.29, 0.717) is 16.3 Å². The van der Waals surface area contributed by atoms with Crippen molar-refractivity contribution in [1.82, 2.24) is 14.9 Å². The van der Waals surface area contributed by atoms with E-state index in [1.807, 2.05) is 41.8 Å². The second-order valence-electron chi connectivity index (χ2n) is 8.19. The fraction of sp³-hybridized carbons (Fsp3) is 0.240. The minimum atomic E-state index is -0.349. The van der Waals surface area contributed by atoms with E-state index in [-0.39, 0.29) is 24.1 Å². The lowest BCUT2D eigenvalue weighted by Crippen LogP contribution is -2.31. The highest BCUT2D eigenvalue weighted by Crippen LogP contribution is 2.29. The molecule has 0 spiro atoms. The molecule has 168 valence electrons. The smallest absolute Gasteiger partial charge is 0.258 e. The molecule has 0 radical (unpaired) electrons. The number of aliphatic hydroxyl groups excluding tert-OH is 1. The summed E-state index contributed by atoms with van der Waals surface area (Å²) in [5, 5.41) is 23.8. The molecule has 0 amide bonds. The van der Waals surface area contributed by atoms with Crippen LogP contribution in [0.1, 0.15) is 24.0 Å². The monoisotopic (exact) mass is 460 g/mol. The van der Waals surface area contributed by atoms with Gasteiger partial charge in [0.15, 0.2) is 0 Å². The molecular formula is C25H24N4O3S. The lowest BCUT2D eigenvalue weighted by molar-refractivity contribution is 0.153. The quantitative estimate of drug-likeness (QED) is 0.377. The Balaban J connectivity index is 1.43. The molecule has 4 aromatic rings. The third kappa shape index (κ3) is 4.45. The zero-order chi connectivity index (χ0) is 22.8. The Morgan fingerprint density at radius 3 is 2.82 bits per heavy atom. The molecule has 0 bridgehead atoms. The molecule has 8 heteroatoms. The summed E-state index contributed by atoms with van der Waals surface area (Å²) in [7, 11) is 0. The number of H-pyrrole nitrogens is 1. The highest BCUT2D eigenvalue weighted by Gasteiger charge is 2.23. The maximum absolute atomic E-state index is 12.4. The molecule has 7 nitrogen and oxygen atoms in total. The zero-order valence-corrected chi connectivity index (χ0v) is 18.8.